The fourth-order valence-corrected chi connectivity index (χ4v) is 6.90. The van der Waals surface area contributed by atoms with Crippen LogP contribution in [0.2, 0.25) is 0 Å². The van der Waals surface area contributed by atoms with E-state index in [-0.39, 0.29) is 29.5 Å². The Morgan fingerprint density at radius 3 is 1.75 bits per heavy atom. The van der Waals surface area contributed by atoms with Crippen LogP contribution >= 0.6 is 0 Å². The molecule has 0 bridgehead atoms. The van der Waals surface area contributed by atoms with Crippen LogP contribution in [0.25, 0.3) is 0 Å². The van der Waals surface area contributed by atoms with Gasteiger partial charge in [-0.05, 0) is 36.6 Å². The molecule has 32 heavy (non-hydrogen) atoms. The van der Waals surface area contributed by atoms with Crippen LogP contribution in [0.1, 0.15) is 31.4 Å². The van der Waals surface area contributed by atoms with Crippen LogP contribution in [0, 0.1) is 22.7 Å². The lowest BCUT2D eigenvalue weighted by Crippen LogP contribution is -2.65. The van der Waals surface area contributed by atoms with Crippen molar-refractivity contribution in [1.29, 1.82) is 0 Å². The molecule has 3 heteroatoms. The van der Waals surface area contributed by atoms with Crippen LogP contribution in [0.4, 0.5) is 0 Å². The van der Waals surface area contributed by atoms with Gasteiger partial charge in [0.05, 0.1) is 10.8 Å². The molecule has 3 saturated carbocycles. The number of carbonyl (C=O) groups is 2. The Kier molecular flexibility index (Phi) is 3.90. The van der Waals surface area contributed by atoms with Gasteiger partial charge in [-0.2, -0.15) is 0 Å². The number of benzene rings is 3. The number of para-hydroxylation sites is 1. The molecule has 3 aromatic carbocycles. The quantitative estimate of drug-likeness (QED) is 0.578. The molecule has 0 aromatic heterocycles. The Balaban J connectivity index is 1.47. The van der Waals surface area contributed by atoms with Crippen molar-refractivity contribution in [3.63, 3.8) is 0 Å². The largest absolute Gasteiger partial charge is 0.489 e. The van der Waals surface area contributed by atoms with Gasteiger partial charge in [0.25, 0.3) is 0 Å². The Bertz CT molecular complexity index is 1160. The van der Waals surface area contributed by atoms with Crippen molar-refractivity contribution < 1.29 is 14.3 Å². The van der Waals surface area contributed by atoms with E-state index in [1.165, 1.54) is 0 Å². The maximum Gasteiger partial charge on any atom is 0.148 e. The lowest BCUT2D eigenvalue weighted by molar-refractivity contribution is -0.174. The van der Waals surface area contributed by atoms with Gasteiger partial charge < -0.3 is 4.74 Å². The average molecular weight is 423 g/mol. The predicted octanol–water partition coefficient (Wildman–Crippen LogP) is 5.23. The molecule has 6 rings (SSSR count). The van der Waals surface area contributed by atoms with E-state index in [0.717, 1.165) is 16.9 Å². The van der Waals surface area contributed by atoms with Crippen molar-refractivity contribution in [3.05, 3.63) is 102 Å². The van der Waals surface area contributed by atoms with Crippen molar-refractivity contribution in [2.45, 2.75) is 31.8 Å². The number of ketones is 2. The summed E-state index contributed by atoms with van der Waals surface area (Å²) in [7, 11) is 0. The third-order valence-corrected chi connectivity index (χ3v) is 8.69. The summed E-state index contributed by atoms with van der Waals surface area (Å²) in [6.07, 6.45) is 0.318. The molecule has 0 saturated heterocycles. The van der Waals surface area contributed by atoms with Gasteiger partial charge in [-0.1, -0.05) is 85.8 Å². The maximum atomic E-state index is 14.2. The minimum Gasteiger partial charge on any atom is -0.489 e. The summed E-state index contributed by atoms with van der Waals surface area (Å²) < 4.78 is 6.25. The van der Waals surface area contributed by atoms with E-state index in [1.807, 2.05) is 80.6 Å². The summed E-state index contributed by atoms with van der Waals surface area (Å²) in [6.45, 7) is 3.97. The van der Waals surface area contributed by atoms with Crippen LogP contribution in [0.5, 0.6) is 5.75 Å². The molecule has 3 aromatic rings. The van der Waals surface area contributed by atoms with Crippen molar-refractivity contribution in [2.75, 3.05) is 0 Å². The molecule has 0 spiro atoms. The Morgan fingerprint density at radius 1 is 0.719 bits per heavy atom. The zero-order valence-corrected chi connectivity index (χ0v) is 18.3. The highest BCUT2D eigenvalue weighted by molar-refractivity contribution is 6.13. The first-order chi connectivity index (χ1) is 15.5. The van der Waals surface area contributed by atoms with Gasteiger partial charge in [0.1, 0.15) is 23.4 Å². The summed E-state index contributed by atoms with van der Waals surface area (Å²) in [5, 5.41) is 0. The second kappa shape index (κ2) is 6.41. The number of Topliss-reactive ketones (excluding diaryl/α,β-unsaturated/α-hetero) is 2. The second-order valence-electron chi connectivity index (χ2n) is 9.89. The third-order valence-electron chi connectivity index (χ3n) is 8.69. The van der Waals surface area contributed by atoms with Gasteiger partial charge in [0, 0.05) is 17.3 Å². The molecule has 3 aliphatic carbocycles. The third kappa shape index (κ3) is 2.12. The zero-order valence-electron chi connectivity index (χ0n) is 18.3. The monoisotopic (exact) mass is 422 g/mol. The van der Waals surface area contributed by atoms with Crippen LogP contribution in [0.3, 0.4) is 0 Å². The Morgan fingerprint density at radius 2 is 1.22 bits per heavy atom. The normalized spacial score (nSPS) is 34.1. The van der Waals surface area contributed by atoms with E-state index in [2.05, 4.69) is 24.3 Å². The fourth-order valence-electron chi connectivity index (χ4n) is 6.90. The van der Waals surface area contributed by atoms with Gasteiger partial charge in [0.15, 0.2) is 0 Å². The topological polar surface area (TPSA) is 43.4 Å². The van der Waals surface area contributed by atoms with Gasteiger partial charge in [-0.3, -0.25) is 9.59 Å². The molecule has 0 aliphatic heterocycles. The van der Waals surface area contributed by atoms with E-state index < -0.39 is 16.2 Å². The highest BCUT2D eigenvalue weighted by Crippen LogP contribution is 2.80. The summed E-state index contributed by atoms with van der Waals surface area (Å²) in [5.41, 5.74) is -0.0463. The SMILES string of the molecule is C[C@@]12C(=O)[C@H]3C(c4ccccc4)(c4ccccc4)[C@@]3(C)C(=O)[C@@H]1C[C@@H]2Oc1ccccc1. The van der Waals surface area contributed by atoms with Crippen molar-refractivity contribution in [2.24, 2.45) is 22.7 Å². The molecular weight excluding hydrogens is 396 g/mol. The second-order valence-corrected chi connectivity index (χ2v) is 9.89. The molecule has 160 valence electrons. The Labute approximate surface area is 188 Å². The van der Waals surface area contributed by atoms with Gasteiger partial charge in [-0.25, -0.2) is 0 Å². The predicted molar refractivity (Wildman–Crippen MR) is 122 cm³/mol. The first-order valence-electron chi connectivity index (χ1n) is 11.4. The van der Waals surface area contributed by atoms with Gasteiger partial charge in [-0.15, -0.1) is 0 Å². The molecule has 0 amide bonds. The number of hydrogen-bond donors (Lipinski definition) is 0. The minimum atomic E-state index is -0.789. The van der Waals surface area contributed by atoms with Crippen molar-refractivity contribution >= 4 is 11.6 Å². The molecular formula is C29H26O3. The molecule has 0 N–H and O–H groups in total. The maximum absolute atomic E-state index is 14.2. The summed E-state index contributed by atoms with van der Waals surface area (Å²) in [5.74, 6) is 0.462. The summed E-state index contributed by atoms with van der Waals surface area (Å²) >= 11 is 0. The number of ether oxygens (including phenoxy) is 1. The van der Waals surface area contributed by atoms with Crippen LogP contribution in [0.15, 0.2) is 91.0 Å². The molecule has 5 atom stereocenters. The van der Waals surface area contributed by atoms with E-state index in [1.54, 1.807) is 0 Å². The first-order valence-corrected chi connectivity index (χ1v) is 11.4. The molecule has 0 radical (unpaired) electrons. The van der Waals surface area contributed by atoms with Crippen molar-refractivity contribution in [3.8, 4) is 5.75 Å². The van der Waals surface area contributed by atoms with Crippen LogP contribution in [-0.4, -0.2) is 17.7 Å². The average Bonchev–Trinajstić information content (AvgIpc) is 3.43. The number of carbonyl (C=O) groups excluding carboxylic acids is 2. The molecule has 3 aliphatic rings. The Hall–Kier alpha value is -3.20. The number of fused-ring (bicyclic) bond motifs is 2. The van der Waals surface area contributed by atoms with Gasteiger partial charge >= 0.3 is 0 Å². The molecule has 3 nitrogen and oxygen atoms in total. The smallest absolute Gasteiger partial charge is 0.148 e. The van der Waals surface area contributed by atoms with Gasteiger partial charge in [0.2, 0.25) is 0 Å². The lowest BCUT2D eigenvalue weighted by Gasteiger charge is -2.54. The number of hydrogen-bond acceptors (Lipinski definition) is 3. The zero-order chi connectivity index (χ0) is 22.1. The van der Waals surface area contributed by atoms with E-state index in [0.29, 0.717) is 6.42 Å². The summed E-state index contributed by atoms with van der Waals surface area (Å²) in [4.78, 5) is 28.3. The van der Waals surface area contributed by atoms with Crippen LogP contribution < -0.4 is 4.74 Å². The lowest BCUT2D eigenvalue weighted by atomic mass is 9.50. The van der Waals surface area contributed by atoms with E-state index >= 15 is 0 Å². The molecule has 0 heterocycles. The van der Waals surface area contributed by atoms with E-state index in [9.17, 15) is 9.59 Å². The van der Waals surface area contributed by atoms with E-state index in [4.69, 9.17) is 4.74 Å². The molecule has 0 unspecified atom stereocenters. The summed E-state index contributed by atoms with van der Waals surface area (Å²) in [6, 6.07) is 29.8. The fraction of sp³-hybridized carbons (Fsp3) is 0.310. The highest BCUT2D eigenvalue weighted by atomic mass is 16.5. The number of rotatable bonds is 4. The first kappa shape index (κ1) is 19.5. The standard InChI is InChI=1S/C29H26O3/c1-27-22(18-23(27)32-21-16-10-5-11-17-21)25(30)28(2)24(26(27)31)29(28,19-12-6-3-7-13-19)20-14-8-4-9-15-20/h3-17,22-24H,18H2,1-2H3/t22-,23-,24+,27+,28+/m0/s1. The minimum absolute atomic E-state index is 0.171. The van der Waals surface area contributed by atoms with Crippen molar-refractivity contribution in [1.82, 2.24) is 0 Å². The highest BCUT2D eigenvalue weighted by Gasteiger charge is 2.88. The molecule has 3 fully saturated rings. The van der Waals surface area contributed by atoms with Crippen LogP contribution in [-0.2, 0) is 15.0 Å².